The van der Waals surface area contributed by atoms with E-state index in [-0.39, 0.29) is 6.04 Å². The fraction of sp³-hybridized carbons (Fsp3) is 0.692. The van der Waals surface area contributed by atoms with E-state index in [0.29, 0.717) is 11.8 Å². The maximum Gasteiger partial charge on any atom is 0.236 e. The van der Waals surface area contributed by atoms with Crippen molar-refractivity contribution in [3.05, 3.63) is 18.1 Å². The summed E-state index contributed by atoms with van der Waals surface area (Å²) in [6, 6.07) is 0.186. The second kappa shape index (κ2) is 6.66. The number of nitrogens with zero attached hydrogens (tertiary/aromatic N) is 2. The highest BCUT2D eigenvalue weighted by Crippen LogP contribution is 2.29. The first-order chi connectivity index (χ1) is 8.85. The fourth-order valence-electron chi connectivity index (χ4n) is 2.37. The predicted octanol–water partition coefficient (Wildman–Crippen LogP) is 1.56. The molecule has 1 aliphatic heterocycles. The lowest BCUT2D eigenvalue weighted by atomic mass is 9.97. The molecule has 100 valence electrons. The van der Waals surface area contributed by atoms with E-state index in [1.54, 1.807) is 19.5 Å². The van der Waals surface area contributed by atoms with Crippen molar-refractivity contribution in [2.75, 3.05) is 26.9 Å². The van der Waals surface area contributed by atoms with Gasteiger partial charge in [-0.05, 0) is 25.3 Å². The first-order valence-corrected chi connectivity index (χ1v) is 6.51. The van der Waals surface area contributed by atoms with Crippen LogP contribution in [0.15, 0.2) is 12.4 Å². The van der Waals surface area contributed by atoms with Crippen LogP contribution in [0.1, 0.15) is 31.5 Å². The maximum atomic E-state index is 5.43. The van der Waals surface area contributed by atoms with E-state index in [2.05, 4.69) is 22.2 Å². The number of methoxy groups -OCH3 is 1. The molecule has 0 saturated carbocycles. The van der Waals surface area contributed by atoms with Crippen LogP contribution in [0.5, 0.6) is 5.88 Å². The Bertz CT molecular complexity index is 367. The quantitative estimate of drug-likeness (QED) is 0.831. The predicted molar refractivity (Wildman–Crippen MR) is 68.5 cm³/mol. The van der Waals surface area contributed by atoms with Gasteiger partial charge in [0.25, 0.3) is 0 Å². The number of aromatic nitrogens is 2. The fourth-order valence-corrected chi connectivity index (χ4v) is 2.37. The molecule has 0 aromatic carbocycles. The SMILES string of the molecule is CCNC(CC1CCOC1)c1nccnc1OC. The molecule has 0 bridgehead atoms. The van der Waals surface area contributed by atoms with Gasteiger partial charge in [0.15, 0.2) is 0 Å². The Morgan fingerprint density at radius 1 is 1.50 bits per heavy atom. The molecule has 0 aliphatic carbocycles. The molecule has 1 aromatic heterocycles. The monoisotopic (exact) mass is 251 g/mol. The van der Waals surface area contributed by atoms with Crippen LogP contribution < -0.4 is 10.1 Å². The van der Waals surface area contributed by atoms with Crippen LogP contribution in [0.2, 0.25) is 0 Å². The van der Waals surface area contributed by atoms with Crippen LogP contribution in [0.25, 0.3) is 0 Å². The second-order valence-corrected chi connectivity index (χ2v) is 4.53. The summed E-state index contributed by atoms with van der Waals surface area (Å²) in [6.07, 6.45) is 5.52. The van der Waals surface area contributed by atoms with Gasteiger partial charge in [0, 0.05) is 25.6 Å². The molecular weight excluding hydrogens is 230 g/mol. The normalized spacial score (nSPS) is 20.9. The third-order valence-electron chi connectivity index (χ3n) is 3.26. The molecule has 2 atom stereocenters. The minimum absolute atomic E-state index is 0.186. The smallest absolute Gasteiger partial charge is 0.236 e. The van der Waals surface area contributed by atoms with E-state index in [0.717, 1.165) is 38.3 Å². The Balaban J connectivity index is 2.11. The second-order valence-electron chi connectivity index (χ2n) is 4.53. The molecule has 1 saturated heterocycles. The molecule has 5 nitrogen and oxygen atoms in total. The van der Waals surface area contributed by atoms with Crippen LogP contribution in [0.4, 0.5) is 0 Å². The zero-order valence-electron chi connectivity index (χ0n) is 11.1. The molecule has 18 heavy (non-hydrogen) atoms. The molecule has 1 N–H and O–H groups in total. The third-order valence-corrected chi connectivity index (χ3v) is 3.26. The van der Waals surface area contributed by atoms with Gasteiger partial charge < -0.3 is 14.8 Å². The van der Waals surface area contributed by atoms with Gasteiger partial charge in [-0.3, -0.25) is 4.98 Å². The third kappa shape index (κ3) is 3.17. The van der Waals surface area contributed by atoms with Crippen molar-refractivity contribution in [3.8, 4) is 5.88 Å². The number of nitrogens with one attached hydrogen (secondary N) is 1. The standard InChI is InChI=1S/C13H21N3O2/c1-3-14-11(8-10-4-7-18-9-10)12-13(17-2)16-6-5-15-12/h5-6,10-11,14H,3-4,7-9H2,1-2H3. The molecule has 0 radical (unpaired) electrons. The van der Waals surface area contributed by atoms with Crippen molar-refractivity contribution in [2.24, 2.45) is 5.92 Å². The van der Waals surface area contributed by atoms with Gasteiger partial charge in [0.1, 0.15) is 5.69 Å². The van der Waals surface area contributed by atoms with E-state index in [9.17, 15) is 0 Å². The molecule has 5 heteroatoms. The molecular formula is C13H21N3O2. The number of hydrogen-bond donors (Lipinski definition) is 1. The lowest BCUT2D eigenvalue weighted by Gasteiger charge is -2.21. The summed E-state index contributed by atoms with van der Waals surface area (Å²) in [5, 5.41) is 3.46. The minimum Gasteiger partial charge on any atom is -0.480 e. The van der Waals surface area contributed by atoms with Gasteiger partial charge in [-0.25, -0.2) is 4.98 Å². The first kappa shape index (κ1) is 13.2. The van der Waals surface area contributed by atoms with Gasteiger partial charge in [-0.2, -0.15) is 0 Å². The lowest BCUT2D eigenvalue weighted by Crippen LogP contribution is -2.25. The van der Waals surface area contributed by atoms with Crippen LogP contribution in [0.3, 0.4) is 0 Å². The molecule has 2 rings (SSSR count). The summed E-state index contributed by atoms with van der Waals surface area (Å²) in [4.78, 5) is 8.64. The van der Waals surface area contributed by atoms with Crippen molar-refractivity contribution < 1.29 is 9.47 Å². The Morgan fingerprint density at radius 3 is 3.00 bits per heavy atom. The van der Waals surface area contributed by atoms with Crippen LogP contribution in [-0.2, 0) is 4.74 Å². The summed E-state index contributed by atoms with van der Waals surface area (Å²) in [5.74, 6) is 1.21. The van der Waals surface area contributed by atoms with Crippen molar-refractivity contribution >= 4 is 0 Å². The summed E-state index contributed by atoms with van der Waals surface area (Å²) in [6.45, 7) is 4.73. The summed E-state index contributed by atoms with van der Waals surface area (Å²) in [7, 11) is 1.63. The van der Waals surface area contributed by atoms with E-state index in [1.165, 1.54) is 0 Å². The largest absolute Gasteiger partial charge is 0.480 e. The molecule has 1 aromatic rings. The van der Waals surface area contributed by atoms with Crippen molar-refractivity contribution in [3.63, 3.8) is 0 Å². The van der Waals surface area contributed by atoms with Gasteiger partial charge >= 0.3 is 0 Å². The average Bonchev–Trinajstić information content (AvgIpc) is 2.91. The molecule has 2 unspecified atom stereocenters. The Labute approximate surface area is 108 Å². The van der Waals surface area contributed by atoms with Crippen LogP contribution in [0, 0.1) is 5.92 Å². The van der Waals surface area contributed by atoms with Gasteiger partial charge in [-0.1, -0.05) is 6.92 Å². The number of ether oxygens (including phenoxy) is 2. The first-order valence-electron chi connectivity index (χ1n) is 6.51. The number of hydrogen-bond acceptors (Lipinski definition) is 5. The van der Waals surface area contributed by atoms with Crippen LogP contribution >= 0.6 is 0 Å². The average molecular weight is 251 g/mol. The van der Waals surface area contributed by atoms with E-state index < -0.39 is 0 Å². The van der Waals surface area contributed by atoms with Crippen molar-refractivity contribution in [1.82, 2.24) is 15.3 Å². The lowest BCUT2D eigenvalue weighted by molar-refractivity contribution is 0.181. The van der Waals surface area contributed by atoms with Crippen LogP contribution in [-0.4, -0.2) is 36.8 Å². The van der Waals surface area contributed by atoms with Gasteiger partial charge in [0.2, 0.25) is 5.88 Å². The Kier molecular flexibility index (Phi) is 4.90. The zero-order valence-corrected chi connectivity index (χ0v) is 11.1. The van der Waals surface area contributed by atoms with Crippen molar-refractivity contribution in [1.29, 1.82) is 0 Å². The molecule has 2 heterocycles. The highest BCUT2D eigenvalue weighted by Gasteiger charge is 2.24. The Hall–Kier alpha value is -1.20. The maximum absolute atomic E-state index is 5.43. The highest BCUT2D eigenvalue weighted by molar-refractivity contribution is 5.21. The van der Waals surface area contributed by atoms with E-state index in [4.69, 9.17) is 9.47 Å². The topological polar surface area (TPSA) is 56.3 Å². The summed E-state index contributed by atoms with van der Waals surface area (Å²) >= 11 is 0. The summed E-state index contributed by atoms with van der Waals surface area (Å²) < 4.78 is 10.7. The van der Waals surface area contributed by atoms with Crippen molar-refractivity contribution in [2.45, 2.75) is 25.8 Å². The van der Waals surface area contributed by atoms with E-state index >= 15 is 0 Å². The molecule has 0 spiro atoms. The summed E-state index contributed by atoms with van der Waals surface area (Å²) in [5.41, 5.74) is 0.897. The Morgan fingerprint density at radius 2 is 2.33 bits per heavy atom. The number of rotatable bonds is 6. The van der Waals surface area contributed by atoms with Gasteiger partial charge in [0.05, 0.1) is 13.2 Å². The van der Waals surface area contributed by atoms with E-state index in [1.807, 2.05) is 0 Å². The molecule has 0 amide bonds. The highest BCUT2D eigenvalue weighted by atomic mass is 16.5. The molecule has 1 fully saturated rings. The zero-order chi connectivity index (χ0) is 12.8. The van der Waals surface area contributed by atoms with Gasteiger partial charge in [-0.15, -0.1) is 0 Å². The minimum atomic E-state index is 0.186. The molecule has 1 aliphatic rings.